The van der Waals surface area contributed by atoms with Gasteiger partial charge in [0.2, 0.25) is 5.88 Å². The fourth-order valence-electron chi connectivity index (χ4n) is 1.52. The summed E-state index contributed by atoms with van der Waals surface area (Å²) in [4.78, 5) is 14.9. The molecule has 0 saturated carbocycles. The van der Waals surface area contributed by atoms with Crippen LogP contribution in [0.4, 0.5) is 8.78 Å². The Morgan fingerprint density at radius 2 is 2.00 bits per heavy atom. The molecule has 0 fully saturated rings. The number of aromatic nitrogens is 1. The van der Waals surface area contributed by atoms with E-state index in [0.29, 0.717) is 5.56 Å². The monoisotopic (exact) mass is 265 g/mol. The van der Waals surface area contributed by atoms with Crippen LogP contribution in [0.1, 0.15) is 15.9 Å². The van der Waals surface area contributed by atoms with E-state index >= 15 is 0 Å². The number of carbonyl (C=O) groups is 1. The van der Waals surface area contributed by atoms with Crippen LogP contribution in [0.2, 0.25) is 0 Å². The van der Waals surface area contributed by atoms with Gasteiger partial charge in [-0.25, -0.2) is 18.6 Å². The molecule has 19 heavy (non-hydrogen) atoms. The van der Waals surface area contributed by atoms with Crippen LogP contribution in [-0.4, -0.2) is 16.1 Å². The van der Waals surface area contributed by atoms with E-state index in [4.69, 9.17) is 9.84 Å². The highest BCUT2D eigenvalue weighted by molar-refractivity contribution is 5.91. The average molecular weight is 265 g/mol. The van der Waals surface area contributed by atoms with Gasteiger partial charge in [-0.3, -0.25) is 0 Å². The highest BCUT2D eigenvalue weighted by Crippen LogP contribution is 2.26. The van der Waals surface area contributed by atoms with Crippen molar-refractivity contribution >= 4 is 5.97 Å². The predicted octanol–water partition coefficient (Wildman–Crippen LogP) is 3.16. The highest BCUT2D eigenvalue weighted by Gasteiger charge is 2.17. The number of hydrogen-bond donors (Lipinski definition) is 1. The Kier molecular flexibility index (Phi) is 3.41. The lowest BCUT2D eigenvalue weighted by Crippen LogP contribution is -2.04. The van der Waals surface area contributed by atoms with Crippen LogP contribution < -0.4 is 4.74 Å². The number of ether oxygens (including phenoxy) is 1. The second-order valence-corrected chi connectivity index (χ2v) is 3.79. The number of halogens is 2. The molecule has 0 radical (unpaired) electrons. The second kappa shape index (κ2) is 5.01. The molecule has 98 valence electrons. The summed E-state index contributed by atoms with van der Waals surface area (Å²) >= 11 is 0. The molecule has 6 heteroatoms. The maximum atomic E-state index is 13.0. The van der Waals surface area contributed by atoms with E-state index in [2.05, 4.69) is 4.98 Å². The van der Waals surface area contributed by atoms with Crippen molar-refractivity contribution in [1.82, 2.24) is 4.98 Å². The fraction of sp³-hybridized carbons (Fsp3) is 0.0769. The van der Waals surface area contributed by atoms with Crippen LogP contribution in [0.3, 0.4) is 0 Å². The van der Waals surface area contributed by atoms with Gasteiger partial charge in [0.25, 0.3) is 0 Å². The summed E-state index contributed by atoms with van der Waals surface area (Å²) in [6, 6.07) is 4.42. The molecule has 0 bridgehead atoms. The van der Waals surface area contributed by atoms with E-state index in [-0.39, 0.29) is 17.2 Å². The molecule has 0 aliphatic heterocycles. The van der Waals surface area contributed by atoms with Crippen LogP contribution in [0.5, 0.6) is 11.6 Å². The van der Waals surface area contributed by atoms with E-state index in [9.17, 15) is 13.6 Å². The van der Waals surface area contributed by atoms with Gasteiger partial charge in [0.05, 0.1) is 0 Å². The Labute approximate surface area is 107 Å². The number of carboxylic acid groups (broad SMARTS) is 1. The number of pyridine rings is 1. The van der Waals surface area contributed by atoms with Crippen molar-refractivity contribution in [2.75, 3.05) is 0 Å². The van der Waals surface area contributed by atoms with Crippen LogP contribution in [0, 0.1) is 18.6 Å². The minimum absolute atomic E-state index is 0.0282. The number of nitrogens with zero attached hydrogens (tertiary/aromatic N) is 1. The van der Waals surface area contributed by atoms with E-state index < -0.39 is 17.6 Å². The Bertz CT molecular complexity index is 644. The molecule has 1 aromatic carbocycles. The molecule has 0 spiro atoms. The van der Waals surface area contributed by atoms with Gasteiger partial charge in [-0.05, 0) is 30.7 Å². The normalized spacial score (nSPS) is 10.3. The molecule has 1 heterocycles. The molecule has 0 aliphatic rings. The van der Waals surface area contributed by atoms with Crippen molar-refractivity contribution in [2.45, 2.75) is 6.92 Å². The Balaban J connectivity index is 2.40. The molecule has 2 rings (SSSR count). The van der Waals surface area contributed by atoms with Crippen molar-refractivity contribution in [1.29, 1.82) is 0 Å². The topological polar surface area (TPSA) is 59.4 Å². The second-order valence-electron chi connectivity index (χ2n) is 3.79. The predicted molar refractivity (Wildman–Crippen MR) is 62.4 cm³/mol. The first-order chi connectivity index (χ1) is 8.99. The van der Waals surface area contributed by atoms with Crippen LogP contribution in [0.25, 0.3) is 0 Å². The zero-order valence-electron chi connectivity index (χ0n) is 9.85. The standard InChI is InChI=1S/C13H9F2NO3/c1-7-4-5-16-12(11(7)13(17)18)19-8-2-3-9(14)10(15)6-8/h2-6H,1H3,(H,17,18). The van der Waals surface area contributed by atoms with Crippen LogP contribution in [-0.2, 0) is 0 Å². The minimum Gasteiger partial charge on any atom is -0.477 e. The smallest absolute Gasteiger partial charge is 0.341 e. The van der Waals surface area contributed by atoms with Crippen molar-refractivity contribution < 1.29 is 23.4 Å². The molecule has 0 aliphatic carbocycles. The van der Waals surface area contributed by atoms with Gasteiger partial charge < -0.3 is 9.84 Å². The molecule has 1 aromatic heterocycles. The van der Waals surface area contributed by atoms with Gasteiger partial charge in [0.1, 0.15) is 11.3 Å². The number of hydrogen-bond acceptors (Lipinski definition) is 3. The van der Waals surface area contributed by atoms with Crippen LogP contribution >= 0.6 is 0 Å². The summed E-state index contributed by atoms with van der Waals surface area (Å²) < 4.78 is 31.0. The van der Waals surface area contributed by atoms with Crippen molar-refractivity contribution in [3.63, 3.8) is 0 Å². The minimum atomic E-state index is -1.21. The molecular formula is C13H9F2NO3. The fourth-order valence-corrected chi connectivity index (χ4v) is 1.52. The van der Waals surface area contributed by atoms with Gasteiger partial charge >= 0.3 is 5.97 Å². The summed E-state index contributed by atoms with van der Waals surface area (Å²) in [7, 11) is 0. The zero-order valence-corrected chi connectivity index (χ0v) is 9.85. The number of aromatic carboxylic acids is 1. The first kappa shape index (κ1) is 12.9. The molecular weight excluding hydrogens is 256 g/mol. The maximum absolute atomic E-state index is 13.0. The summed E-state index contributed by atoms with van der Waals surface area (Å²) in [6.45, 7) is 1.59. The summed E-state index contributed by atoms with van der Waals surface area (Å²) in [5, 5.41) is 9.07. The molecule has 2 aromatic rings. The van der Waals surface area contributed by atoms with Gasteiger partial charge in [-0.2, -0.15) is 0 Å². The molecule has 4 nitrogen and oxygen atoms in total. The molecule has 0 atom stereocenters. The van der Waals surface area contributed by atoms with Crippen LogP contribution in [0.15, 0.2) is 30.5 Å². The van der Waals surface area contributed by atoms with Crippen molar-refractivity contribution in [2.24, 2.45) is 0 Å². The van der Waals surface area contributed by atoms with Gasteiger partial charge in [-0.1, -0.05) is 0 Å². The lowest BCUT2D eigenvalue weighted by molar-refractivity contribution is 0.0692. The number of aryl methyl sites for hydroxylation is 1. The van der Waals surface area contributed by atoms with Gasteiger partial charge in [-0.15, -0.1) is 0 Å². The molecule has 1 N–H and O–H groups in total. The SMILES string of the molecule is Cc1ccnc(Oc2ccc(F)c(F)c2)c1C(=O)O. The molecule has 0 saturated heterocycles. The highest BCUT2D eigenvalue weighted by atomic mass is 19.2. The van der Waals surface area contributed by atoms with Gasteiger partial charge in [0, 0.05) is 12.3 Å². The van der Waals surface area contributed by atoms with E-state index in [1.807, 2.05) is 0 Å². The maximum Gasteiger partial charge on any atom is 0.341 e. The summed E-state index contributed by atoms with van der Waals surface area (Å²) in [5.74, 6) is -3.49. The zero-order chi connectivity index (χ0) is 14.0. The lowest BCUT2D eigenvalue weighted by atomic mass is 10.1. The third-order valence-corrected chi connectivity index (χ3v) is 2.44. The Morgan fingerprint density at radius 1 is 1.26 bits per heavy atom. The van der Waals surface area contributed by atoms with Crippen molar-refractivity contribution in [3.05, 3.63) is 53.2 Å². The lowest BCUT2D eigenvalue weighted by Gasteiger charge is -2.09. The quantitative estimate of drug-likeness (QED) is 0.926. The number of rotatable bonds is 3. The summed E-state index contributed by atoms with van der Waals surface area (Å²) in [5.41, 5.74) is 0.340. The van der Waals surface area contributed by atoms with Crippen molar-refractivity contribution in [3.8, 4) is 11.6 Å². The Morgan fingerprint density at radius 3 is 2.63 bits per heavy atom. The van der Waals surface area contributed by atoms with Gasteiger partial charge in [0.15, 0.2) is 11.6 Å². The molecule has 0 unspecified atom stereocenters. The Hall–Kier alpha value is -2.50. The third-order valence-electron chi connectivity index (χ3n) is 2.44. The molecule has 0 amide bonds. The average Bonchev–Trinajstić information content (AvgIpc) is 2.33. The third kappa shape index (κ3) is 2.67. The van der Waals surface area contributed by atoms with E-state index in [1.165, 1.54) is 18.3 Å². The largest absolute Gasteiger partial charge is 0.477 e. The first-order valence-corrected chi connectivity index (χ1v) is 5.31. The first-order valence-electron chi connectivity index (χ1n) is 5.31. The van der Waals surface area contributed by atoms with E-state index in [1.54, 1.807) is 6.92 Å². The number of benzene rings is 1. The van der Waals surface area contributed by atoms with E-state index in [0.717, 1.165) is 12.1 Å². The number of carboxylic acids is 1. The summed E-state index contributed by atoms with van der Waals surface area (Å²) in [6.07, 6.45) is 1.37.